The van der Waals surface area contributed by atoms with Crippen molar-refractivity contribution in [3.8, 4) is 11.1 Å². The van der Waals surface area contributed by atoms with E-state index in [0.29, 0.717) is 16.9 Å². The number of amidine groups is 1. The summed E-state index contributed by atoms with van der Waals surface area (Å²) in [5, 5.41) is 10.2. The third-order valence-electron chi connectivity index (χ3n) is 5.33. The van der Waals surface area contributed by atoms with Gasteiger partial charge in [-0.25, -0.2) is 14.6 Å². The van der Waals surface area contributed by atoms with Crippen molar-refractivity contribution in [3.63, 3.8) is 0 Å². The highest BCUT2D eigenvalue weighted by Gasteiger charge is 2.25. The lowest BCUT2D eigenvalue weighted by Gasteiger charge is -2.18. The molecule has 0 fully saturated rings. The molecule has 1 amide bonds. The molecule has 0 unspecified atom stereocenters. The van der Waals surface area contributed by atoms with Gasteiger partial charge in [-0.05, 0) is 60.4 Å². The predicted octanol–water partition coefficient (Wildman–Crippen LogP) is 3.91. The van der Waals surface area contributed by atoms with E-state index in [0.717, 1.165) is 12.3 Å². The number of amides is 1. The van der Waals surface area contributed by atoms with E-state index in [2.05, 4.69) is 14.5 Å². The number of esters is 1. The molecule has 0 atom stereocenters. The fourth-order valence-electron chi connectivity index (χ4n) is 3.49. The molecule has 0 saturated heterocycles. The molecule has 3 aromatic rings. The number of nitrogens with two attached hydrogens (primary N) is 1. The average molecular weight is 567 g/mol. The molecular weight excluding hydrogens is 536 g/mol. The molecule has 0 radical (unpaired) electrons. The number of hydrogen-bond donors (Lipinski definition) is 3. The number of carbonyl (C=O) groups excluding carboxylic acids is 3. The second kappa shape index (κ2) is 11.7. The standard InChI is InChI=1S/C28H30N4O7S/c1-16-6-12-21(23(31-16)25(33)32-19-10-7-17(8-11-19)24(29)30)20-13-9-18(26(34)38-15-28(2,3)4)14-22(20)27(35)39-40(5,36)37/h6-14H,15H2,1-5H3,(H3,29,30)(H,32,33). The first-order chi connectivity index (χ1) is 18.5. The molecule has 40 heavy (non-hydrogen) atoms. The first-order valence-corrected chi connectivity index (χ1v) is 13.8. The number of benzene rings is 2. The second-order valence-corrected chi connectivity index (χ2v) is 11.8. The van der Waals surface area contributed by atoms with Crippen LogP contribution >= 0.6 is 0 Å². The van der Waals surface area contributed by atoms with Gasteiger partial charge in [0, 0.05) is 22.5 Å². The van der Waals surface area contributed by atoms with Crippen molar-refractivity contribution < 1.29 is 31.7 Å². The van der Waals surface area contributed by atoms with Crippen molar-refractivity contribution in [3.05, 3.63) is 82.7 Å². The van der Waals surface area contributed by atoms with Gasteiger partial charge in [-0.1, -0.05) is 32.9 Å². The summed E-state index contributed by atoms with van der Waals surface area (Å²) in [7, 11) is -4.20. The quantitative estimate of drug-likeness (QED) is 0.158. The lowest BCUT2D eigenvalue weighted by Crippen LogP contribution is -2.19. The van der Waals surface area contributed by atoms with Gasteiger partial charge >= 0.3 is 22.1 Å². The Balaban J connectivity index is 2.08. The van der Waals surface area contributed by atoms with Gasteiger partial charge in [0.05, 0.1) is 24.0 Å². The van der Waals surface area contributed by atoms with Gasteiger partial charge in [-0.3, -0.25) is 10.2 Å². The van der Waals surface area contributed by atoms with Crippen molar-refractivity contribution in [2.75, 3.05) is 18.2 Å². The van der Waals surface area contributed by atoms with Crippen LogP contribution < -0.4 is 11.1 Å². The average Bonchev–Trinajstić information content (AvgIpc) is 2.85. The van der Waals surface area contributed by atoms with Gasteiger partial charge in [0.2, 0.25) is 0 Å². The van der Waals surface area contributed by atoms with Crippen LogP contribution in [0.15, 0.2) is 54.6 Å². The van der Waals surface area contributed by atoms with Crippen LogP contribution in [0, 0.1) is 17.7 Å². The van der Waals surface area contributed by atoms with Crippen LogP contribution in [-0.4, -0.2) is 49.9 Å². The van der Waals surface area contributed by atoms with Gasteiger partial charge in [-0.2, -0.15) is 8.42 Å². The molecule has 11 nitrogen and oxygen atoms in total. The summed E-state index contributed by atoms with van der Waals surface area (Å²) in [6, 6.07) is 13.4. The first kappa shape index (κ1) is 30.0. The van der Waals surface area contributed by atoms with Gasteiger partial charge in [0.1, 0.15) is 11.5 Å². The van der Waals surface area contributed by atoms with Crippen LogP contribution in [0.1, 0.15) is 63.2 Å². The van der Waals surface area contributed by atoms with Gasteiger partial charge < -0.3 is 20.0 Å². The Bertz CT molecular complexity index is 1590. The van der Waals surface area contributed by atoms with E-state index in [1.807, 2.05) is 20.8 Å². The number of anilines is 1. The topological polar surface area (TPSA) is 179 Å². The number of nitrogens with one attached hydrogen (secondary N) is 2. The SMILES string of the molecule is Cc1ccc(-c2ccc(C(=O)OCC(C)(C)C)cc2C(=O)OS(C)(=O)=O)c(C(=O)Nc2ccc(C(=N)N)cc2)n1. The number of carbonyl (C=O) groups is 3. The molecule has 2 aromatic carbocycles. The number of aryl methyl sites for hydroxylation is 1. The first-order valence-electron chi connectivity index (χ1n) is 12.0. The molecule has 12 heteroatoms. The molecule has 0 aliphatic heterocycles. The zero-order valence-corrected chi connectivity index (χ0v) is 23.5. The number of rotatable bonds is 8. The van der Waals surface area contributed by atoms with Gasteiger partial charge in [0.25, 0.3) is 5.91 Å². The van der Waals surface area contributed by atoms with Gasteiger partial charge in [-0.15, -0.1) is 0 Å². The Morgan fingerprint density at radius 3 is 2.12 bits per heavy atom. The molecule has 0 aliphatic carbocycles. The summed E-state index contributed by atoms with van der Waals surface area (Å²) in [4.78, 5) is 43.3. The maximum absolute atomic E-state index is 13.3. The Kier molecular flexibility index (Phi) is 8.74. The Labute approximate surface area is 232 Å². The summed E-state index contributed by atoms with van der Waals surface area (Å²) in [5.74, 6) is -2.70. The molecule has 0 aliphatic rings. The van der Waals surface area contributed by atoms with Crippen molar-refractivity contribution in [2.45, 2.75) is 27.7 Å². The molecule has 0 saturated carbocycles. The number of nitrogen functional groups attached to an aromatic ring is 1. The minimum absolute atomic E-state index is 0.00918. The van der Waals surface area contributed by atoms with Crippen molar-refractivity contribution >= 4 is 39.5 Å². The highest BCUT2D eigenvalue weighted by atomic mass is 32.2. The number of pyridine rings is 1. The third-order valence-corrected chi connectivity index (χ3v) is 5.79. The summed E-state index contributed by atoms with van der Waals surface area (Å²) < 4.78 is 33.5. The molecule has 210 valence electrons. The molecule has 0 spiro atoms. The zero-order valence-electron chi connectivity index (χ0n) is 22.7. The van der Waals surface area contributed by atoms with Crippen LogP contribution in [0.4, 0.5) is 5.69 Å². The van der Waals surface area contributed by atoms with E-state index < -0.39 is 28.0 Å². The van der Waals surface area contributed by atoms with E-state index >= 15 is 0 Å². The van der Waals surface area contributed by atoms with E-state index in [9.17, 15) is 22.8 Å². The van der Waals surface area contributed by atoms with E-state index in [1.54, 1.807) is 43.3 Å². The predicted molar refractivity (Wildman–Crippen MR) is 150 cm³/mol. The molecule has 0 bridgehead atoms. The highest BCUT2D eigenvalue weighted by molar-refractivity contribution is 7.86. The smallest absolute Gasteiger partial charge is 0.354 e. The van der Waals surface area contributed by atoms with Crippen LogP contribution in [0.3, 0.4) is 0 Å². The van der Waals surface area contributed by atoms with Gasteiger partial charge in [0.15, 0.2) is 0 Å². The van der Waals surface area contributed by atoms with Crippen LogP contribution in [0.25, 0.3) is 11.1 Å². The molecular formula is C28H30N4O7S. The second-order valence-electron chi connectivity index (χ2n) is 10.3. The minimum Gasteiger partial charge on any atom is -0.462 e. The minimum atomic E-state index is -4.20. The van der Waals surface area contributed by atoms with E-state index in [4.69, 9.17) is 15.9 Å². The summed E-state index contributed by atoms with van der Waals surface area (Å²) >= 11 is 0. The summed E-state index contributed by atoms with van der Waals surface area (Å²) in [5.41, 5.74) is 6.51. The molecule has 4 N–H and O–H groups in total. The lowest BCUT2D eigenvalue weighted by atomic mass is 9.95. The largest absolute Gasteiger partial charge is 0.462 e. The van der Waals surface area contributed by atoms with Crippen LogP contribution in [0.5, 0.6) is 0 Å². The normalized spacial score (nSPS) is 11.4. The fraction of sp³-hybridized carbons (Fsp3) is 0.250. The van der Waals surface area contributed by atoms with E-state index in [1.165, 1.54) is 12.1 Å². The van der Waals surface area contributed by atoms with Crippen molar-refractivity contribution in [2.24, 2.45) is 11.1 Å². The zero-order chi connectivity index (χ0) is 29.8. The maximum Gasteiger partial charge on any atom is 0.354 e. The molecule has 1 aromatic heterocycles. The summed E-state index contributed by atoms with van der Waals surface area (Å²) in [6.07, 6.45) is 0.718. The lowest BCUT2D eigenvalue weighted by molar-refractivity contribution is 0.0367. The monoisotopic (exact) mass is 566 g/mol. The van der Waals surface area contributed by atoms with Crippen molar-refractivity contribution in [1.29, 1.82) is 5.41 Å². The van der Waals surface area contributed by atoms with Crippen LogP contribution in [0.2, 0.25) is 0 Å². The Morgan fingerprint density at radius 2 is 1.55 bits per heavy atom. The highest BCUT2D eigenvalue weighted by Crippen LogP contribution is 2.30. The Hall–Kier alpha value is -4.58. The molecule has 3 rings (SSSR count). The fourth-order valence-corrected chi connectivity index (χ4v) is 3.86. The van der Waals surface area contributed by atoms with E-state index in [-0.39, 0.29) is 45.8 Å². The van der Waals surface area contributed by atoms with Crippen LogP contribution in [-0.2, 0) is 19.0 Å². The number of ether oxygens (including phenoxy) is 1. The third kappa shape index (κ3) is 7.96. The van der Waals surface area contributed by atoms with Crippen molar-refractivity contribution in [1.82, 2.24) is 4.98 Å². The molecule has 1 heterocycles. The number of hydrogen-bond acceptors (Lipinski definition) is 9. The Morgan fingerprint density at radius 1 is 0.950 bits per heavy atom. The number of aromatic nitrogens is 1. The summed E-state index contributed by atoms with van der Waals surface area (Å²) in [6.45, 7) is 7.43. The number of nitrogens with zero attached hydrogens (tertiary/aromatic N) is 1. The maximum atomic E-state index is 13.3.